The average molecular weight is 241 g/mol. The molecule has 0 radical (unpaired) electrons. The maximum absolute atomic E-state index is 10.8. The normalized spacial score (nSPS) is 10.9. The third-order valence-electron chi connectivity index (χ3n) is 2.91. The Balaban J connectivity index is 1.93. The first kappa shape index (κ1) is 10.7. The molecule has 1 aromatic carbocycles. The van der Waals surface area contributed by atoms with Crippen molar-refractivity contribution in [3.05, 3.63) is 60.2 Å². The number of para-hydroxylation sites is 1. The molecule has 18 heavy (non-hydrogen) atoms. The molecule has 0 unspecified atom stereocenters. The molecule has 0 saturated carbocycles. The Kier molecular flexibility index (Phi) is 2.41. The second-order valence-corrected chi connectivity index (χ2v) is 4.11. The molecule has 0 amide bonds. The van der Waals surface area contributed by atoms with Crippen molar-refractivity contribution < 1.29 is 14.3 Å². The van der Waals surface area contributed by atoms with E-state index in [0.29, 0.717) is 12.3 Å². The minimum atomic E-state index is -0.970. The van der Waals surface area contributed by atoms with Crippen LogP contribution in [0.15, 0.2) is 53.3 Å². The SMILES string of the molecule is O=C(O)c1coc(Cn2ccc3ccccc32)c1. The number of rotatable bonds is 3. The number of aromatic carboxylic acids is 1. The van der Waals surface area contributed by atoms with Crippen LogP contribution >= 0.6 is 0 Å². The Morgan fingerprint density at radius 3 is 2.89 bits per heavy atom. The van der Waals surface area contributed by atoms with Crippen molar-refractivity contribution in [3.63, 3.8) is 0 Å². The van der Waals surface area contributed by atoms with Gasteiger partial charge in [-0.05, 0) is 23.6 Å². The van der Waals surface area contributed by atoms with Crippen LogP contribution in [0.25, 0.3) is 10.9 Å². The summed E-state index contributed by atoms with van der Waals surface area (Å²) in [5, 5.41) is 9.98. The molecule has 0 fully saturated rings. The Hall–Kier alpha value is -2.49. The molecular formula is C14H11NO3. The molecule has 0 aliphatic carbocycles. The van der Waals surface area contributed by atoms with Gasteiger partial charge in [0, 0.05) is 11.7 Å². The number of carboxylic acid groups (broad SMARTS) is 1. The molecule has 1 N–H and O–H groups in total. The summed E-state index contributed by atoms with van der Waals surface area (Å²) in [7, 11) is 0. The summed E-state index contributed by atoms with van der Waals surface area (Å²) in [5.74, 6) is -0.337. The molecule has 4 heteroatoms. The average Bonchev–Trinajstić information content (AvgIpc) is 2.98. The fraction of sp³-hybridized carbons (Fsp3) is 0.0714. The molecule has 90 valence electrons. The maximum atomic E-state index is 10.8. The molecule has 0 bridgehead atoms. The van der Waals surface area contributed by atoms with E-state index in [-0.39, 0.29) is 5.56 Å². The van der Waals surface area contributed by atoms with Crippen molar-refractivity contribution in [1.82, 2.24) is 4.57 Å². The van der Waals surface area contributed by atoms with Gasteiger partial charge in [-0.2, -0.15) is 0 Å². The number of fused-ring (bicyclic) bond motifs is 1. The molecule has 0 spiro atoms. The lowest BCUT2D eigenvalue weighted by atomic mass is 10.2. The molecule has 3 rings (SSSR count). The van der Waals surface area contributed by atoms with Crippen LogP contribution in [0.5, 0.6) is 0 Å². The van der Waals surface area contributed by atoms with Gasteiger partial charge < -0.3 is 14.1 Å². The second kappa shape index (κ2) is 4.07. The van der Waals surface area contributed by atoms with Crippen LogP contribution in [-0.4, -0.2) is 15.6 Å². The van der Waals surface area contributed by atoms with E-state index in [2.05, 4.69) is 0 Å². The second-order valence-electron chi connectivity index (χ2n) is 4.11. The number of furan rings is 1. The van der Waals surface area contributed by atoms with E-state index in [1.165, 1.54) is 6.26 Å². The lowest BCUT2D eigenvalue weighted by molar-refractivity contribution is 0.0696. The first-order valence-electron chi connectivity index (χ1n) is 5.58. The van der Waals surface area contributed by atoms with Crippen LogP contribution in [0.1, 0.15) is 16.1 Å². The third kappa shape index (κ3) is 1.78. The van der Waals surface area contributed by atoms with Gasteiger partial charge in [0.15, 0.2) is 0 Å². The van der Waals surface area contributed by atoms with Crippen molar-refractivity contribution >= 4 is 16.9 Å². The topological polar surface area (TPSA) is 55.4 Å². The summed E-state index contributed by atoms with van der Waals surface area (Å²) in [6, 6.07) is 11.6. The fourth-order valence-corrected chi connectivity index (χ4v) is 2.02. The lowest BCUT2D eigenvalue weighted by Crippen LogP contribution is -1.97. The van der Waals surface area contributed by atoms with E-state index in [1.807, 2.05) is 41.1 Å². The Morgan fingerprint density at radius 1 is 1.28 bits per heavy atom. The van der Waals surface area contributed by atoms with Gasteiger partial charge in [0.2, 0.25) is 0 Å². The smallest absolute Gasteiger partial charge is 0.338 e. The van der Waals surface area contributed by atoms with Gasteiger partial charge in [-0.25, -0.2) is 4.79 Å². The number of nitrogens with zero attached hydrogens (tertiary/aromatic N) is 1. The van der Waals surface area contributed by atoms with Crippen molar-refractivity contribution in [3.8, 4) is 0 Å². The number of hydrogen-bond acceptors (Lipinski definition) is 2. The molecule has 2 heterocycles. The van der Waals surface area contributed by atoms with Crippen LogP contribution in [0.3, 0.4) is 0 Å². The van der Waals surface area contributed by atoms with Crippen LogP contribution in [0.2, 0.25) is 0 Å². The third-order valence-corrected chi connectivity index (χ3v) is 2.91. The van der Waals surface area contributed by atoms with Crippen LogP contribution < -0.4 is 0 Å². The molecule has 0 saturated heterocycles. The highest BCUT2D eigenvalue weighted by molar-refractivity contribution is 5.87. The van der Waals surface area contributed by atoms with E-state index < -0.39 is 5.97 Å². The van der Waals surface area contributed by atoms with Crippen molar-refractivity contribution in [1.29, 1.82) is 0 Å². The van der Waals surface area contributed by atoms with Crippen molar-refractivity contribution in [2.45, 2.75) is 6.54 Å². The van der Waals surface area contributed by atoms with Gasteiger partial charge in [-0.15, -0.1) is 0 Å². The van der Waals surface area contributed by atoms with Gasteiger partial charge >= 0.3 is 5.97 Å². The number of hydrogen-bond donors (Lipinski definition) is 1. The summed E-state index contributed by atoms with van der Waals surface area (Å²) in [6.07, 6.45) is 3.23. The zero-order chi connectivity index (χ0) is 12.5. The summed E-state index contributed by atoms with van der Waals surface area (Å²) < 4.78 is 7.27. The number of aromatic nitrogens is 1. The Bertz CT molecular complexity index is 708. The summed E-state index contributed by atoms with van der Waals surface area (Å²) in [6.45, 7) is 0.529. The molecule has 3 aromatic rings. The largest absolute Gasteiger partial charge is 0.478 e. The quantitative estimate of drug-likeness (QED) is 0.766. The van der Waals surface area contributed by atoms with Crippen molar-refractivity contribution in [2.24, 2.45) is 0 Å². The maximum Gasteiger partial charge on any atom is 0.338 e. The van der Waals surface area contributed by atoms with Gasteiger partial charge in [0.05, 0.1) is 12.1 Å². The monoisotopic (exact) mass is 241 g/mol. The first-order chi connectivity index (χ1) is 8.74. The van der Waals surface area contributed by atoms with E-state index in [9.17, 15) is 4.79 Å². The summed E-state index contributed by atoms with van der Waals surface area (Å²) in [4.78, 5) is 10.8. The molecule has 4 nitrogen and oxygen atoms in total. The minimum absolute atomic E-state index is 0.182. The zero-order valence-corrected chi connectivity index (χ0v) is 9.54. The van der Waals surface area contributed by atoms with E-state index >= 15 is 0 Å². The number of benzene rings is 1. The molecule has 0 atom stereocenters. The van der Waals surface area contributed by atoms with Crippen molar-refractivity contribution in [2.75, 3.05) is 0 Å². The summed E-state index contributed by atoms with van der Waals surface area (Å²) >= 11 is 0. The highest BCUT2D eigenvalue weighted by Gasteiger charge is 2.09. The summed E-state index contributed by atoms with van der Waals surface area (Å²) in [5.41, 5.74) is 1.28. The molecular weight excluding hydrogens is 230 g/mol. The highest BCUT2D eigenvalue weighted by Crippen LogP contribution is 2.17. The van der Waals surface area contributed by atoms with Gasteiger partial charge in [0.25, 0.3) is 0 Å². The minimum Gasteiger partial charge on any atom is -0.478 e. The van der Waals surface area contributed by atoms with Gasteiger partial charge in [-0.3, -0.25) is 0 Å². The van der Waals surface area contributed by atoms with Crippen LogP contribution in [-0.2, 0) is 6.54 Å². The van der Waals surface area contributed by atoms with Gasteiger partial charge in [0.1, 0.15) is 12.0 Å². The highest BCUT2D eigenvalue weighted by atomic mass is 16.4. The van der Waals surface area contributed by atoms with E-state index in [1.54, 1.807) is 6.07 Å². The predicted molar refractivity (Wildman–Crippen MR) is 66.7 cm³/mol. The standard InChI is InChI=1S/C14H11NO3/c16-14(17)11-7-12(18-9-11)8-15-6-5-10-3-1-2-4-13(10)15/h1-7,9H,8H2,(H,16,17). The number of carbonyl (C=O) groups is 1. The number of carboxylic acids is 1. The molecule has 0 aliphatic rings. The fourth-order valence-electron chi connectivity index (χ4n) is 2.02. The molecule has 0 aliphatic heterocycles. The first-order valence-corrected chi connectivity index (χ1v) is 5.58. The van der Waals surface area contributed by atoms with E-state index in [0.717, 1.165) is 10.9 Å². The lowest BCUT2D eigenvalue weighted by Gasteiger charge is -2.02. The van der Waals surface area contributed by atoms with Crippen LogP contribution in [0, 0.1) is 0 Å². The van der Waals surface area contributed by atoms with Gasteiger partial charge in [-0.1, -0.05) is 18.2 Å². The zero-order valence-electron chi connectivity index (χ0n) is 9.54. The van der Waals surface area contributed by atoms with Crippen LogP contribution in [0.4, 0.5) is 0 Å². The Labute approximate surface area is 103 Å². The Morgan fingerprint density at radius 2 is 2.11 bits per heavy atom. The van der Waals surface area contributed by atoms with E-state index in [4.69, 9.17) is 9.52 Å². The molecule has 2 aromatic heterocycles. The predicted octanol–water partition coefficient (Wildman–Crippen LogP) is 2.98.